The molecule has 0 heterocycles. The van der Waals surface area contributed by atoms with Crippen molar-refractivity contribution in [2.45, 2.75) is 11.8 Å². The quantitative estimate of drug-likeness (QED) is 0.506. The van der Waals surface area contributed by atoms with Crippen LogP contribution in [0.15, 0.2) is 58.5 Å². The first-order valence-electron chi connectivity index (χ1n) is 5.78. The van der Waals surface area contributed by atoms with Gasteiger partial charge in [-0.1, -0.05) is 29.8 Å². The maximum absolute atomic E-state index is 4.22. The highest BCUT2D eigenvalue weighted by molar-refractivity contribution is 7.98. The molecule has 0 fully saturated rings. The molecule has 2 nitrogen and oxygen atoms in total. The zero-order chi connectivity index (χ0) is 12.8. The summed E-state index contributed by atoms with van der Waals surface area (Å²) in [6.07, 6.45) is 3.89. The minimum atomic E-state index is 0. The highest BCUT2D eigenvalue weighted by atomic mass is 35.5. The summed E-state index contributed by atoms with van der Waals surface area (Å²) in [5.74, 6) is 0. The fourth-order valence-corrected chi connectivity index (χ4v) is 1.91. The number of hydrogen-bond donors (Lipinski definition) is 1. The van der Waals surface area contributed by atoms with Crippen molar-refractivity contribution in [3.05, 3.63) is 59.7 Å². The predicted octanol–water partition coefficient (Wildman–Crippen LogP) is 4.58. The normalized spacial score (nSPS) is 10.2. The predicted molar refractivity (Wildman–Crippen MR) is 87.9 cm³/mol. The molecule has 100 valence electrons. The number of nitrogens with one attached hydrogen (secondary N) is 1. The number of benzene rings is 2. The van der Waals surface area contributed by atoms with E-state index >= 15 is 0 Å². The molecule has 0 spiro atoms. The van der Waals surface area contributed by atoms with Gasteiger partial charge in [-0.15, -0.1) is 24.2 Å². The lowest BCUT2D eigenvalue weighted by Gasteiger charge is -2.00. The summed E-state index contributed by atoms with van der Waals surface area (Å²) in [4.78, 5) is 1.26. The van der Waals surface area contributed by atoms with Crippen LogP contribution in [0.4, 0.5) is 5.69 Å². The van der Waals surface area contributed by atoms with Gasteiger partial charge in [-0.2, -0.15) is 5.10 Å². The van der Waals surface area contributed by atoms with Crippen LogP contribution >= 0.6 is 24.2 Å². The second-order valence-corrected chi connectivity index (χ2v) is 4.89. The van der Waals surface area contributed by atoms with E-state index in [-0.39, 0.29) is 12.4 Å². The second-order valence-electron chi connectivity index (χ2n) is 4.01. The highest BCUT2D eigenvalue weighted by Crippen LogP contribution is 2.14. The molecule has 0 atom stereocenters. The molecule has 0 saturated heterocycles. The summed E-state index contributed by atoms with van der Waals surface area (Å²) in [6, 6.07) is 16.5. The standard InChI is InChI=1S/C15H16N2S.ClH/c1-12-3-7-14(8-4-12)17-16-11-13-5-9-15(18-2)10-6-13;/h3-11,17H,1-2H3;1H/b16-11+;. The molecule has 2 rings (SSSR count). The Morgan fingerprint density at radius 1 is 1.00 bits per heavy atom. The van der Waals surface area contributed by atoms with Crippen molar-refractivity contribution in [1.82, 2.24) is 0 Å². The van der Waals surface area contributed by atoms with Crippen LogP contribution in [0.3, 0.4) is 0 Å². The molecule has 0 aliphatic rings. The summed E-state index contributed by atoms with van der Waals surface area (Å²) in [6.45, 7) is 2.07. The van der Waals surface area contributed by atoms with Gasteiger partial charge in [0.15, 0.2) is 0 Å². The molecular weight excluding hydrogens is 276 g/mol. The molecule has 0 amide bonds. The molecule has 19 heavy (non-hydrogen) atoms. The molecule has 0 bridgehead atoms. The van der Waals surface area contributed by atoms with E-state index in [0.29, 0.717) is 0 Å². The van der Waals surface area contributed by atoms with Gasteiger partial charge in [0.2, 0.25) is 0 Å². The fraction of sp³-hybridized carbons (Fsp3) is 0.133. The molecule has 1 N–H and O–H groups in total. The third kappa shape index (κ3) is 4.97. The van der Waals surface area contributed by atoms with Gasteiger partial charge in [-0.25, -0.2) is 0 Å². The Morgan fingerprint density at radius 2 is 1.63 bits per heavy atom. The van der Waals surface area contributed by atoms with Gasteiger partial charge in [0.25, 0.3) is 0 Å². The molecule has 2 aromatic rings. The minimum Gasteiger partial charge on any atom is -0.279 e. The van der Waals surface area contributed by atoms with Gasteiger partial charge in [0, 0.05) is 4.90 Å². The Bertz CT molecular complexity index is 521. The number of nitrogens with zero attached hydrogens (tertiary/aromatic N) is 1. The monoisotopic (exact) mass is 292 g/mol. The zero-order valence-electron chi connectivity index (χ0n) is 11.0. The Morgan fingerprint density at radius 3 is 2.21 bits per heavy atom. The molecule has 0 unspecified atom stereocenters. The third-order valence-corrected chi connectivity index (χ3v) is 3.32. The van der Waals surface area contributed by atoms with Crippen LogP contribution in [0.1, 0.15) is 11.1 Å². The Labute approximate surface area is 124 Å². The number of aryl methyl sites for hydroxylation is 1. The van der Waals surface area contributed by atoms with Crippen molar-refractivity contribution in [3.63, 3.8) is 0 Å². The van der Waals surface area contributed by atoms with E-state index in [4.69, 9.17) is 0 Å². The summed E-state index contributed by atoms with van der Waals surface area (Å²) in [5.41, 5.74) is 6.35. The first kappa shape index (κ1) is 15.6. The van der Waals surface area contributed by atoms with Crippen molar-refractivity contribution >= 4 is 36.1 Å². The topological polar surface area (TPSA) is 24.4 Å². The maximum atomic E-state index is 4.22. The van der Waals surface area contributed by atoms with E-state index in [0.717, 1.165) is 11.3 Å². The summed E-state index contributed by atoms with van der Waals surface area (Å²) in [7, 11) is 0. The van der Waals surface area contributed by atoms with Crippen LogP contribution in [0.5, 0.6) is 0 Å². The van der Waals surface area contributed by atoms with Gasteiger partial charge in [-0.05, 0) is 43.0 Å². The molecule has 0 radical (unpaired) electrons. The van der Waals surface area contributed by atoms with Crippen molar-refractivity contribution in [2.24, 2.45) is 5.10 Å². The largest absolute Gasteiger partial charge is 0.279 e. The summed E-state index contributed by atoms with van der Waals surface area (Å²) in [5, 5.41) is 4.22. The smallest absolute Gasteiger partial charge is 0.0561 e. The van der Waals surface area contributed by atoms with E-state index in [2.05, 4.69) is 60.1 Å². The van der Waals surface area contributed by atoms with E-state index in [1.54, 1.807) is 11.8 Å². The number of halogens is 1. The van der Waals surface area contributed by atoms with Crippen molar-refractivity contribution < 1.29 is 0 Å². The Kier molecular flexibility index (Phi) is 6.46. The minimum absolute atomic E-state index is 0. The number of thioether (sulfide) groups is 1. The second kappa shape index (κ2) is 7.87. The van der Waals surface area contributed by atoms with Crippen LogP contribution < -0.4 is 5.43 Å². The lowest BCUT2D eigenvalue weighted by molar-refractivity contribution is 1.33. The molecular formula is C15H17ClN2S. The first-order chi connectivity index (χ1) is 8.78. The van der Waals surface area contributed by atoms with E-state index < -0.39 is 0 Å². The number of anilines is 1. The molecule has 2 aromatic carbocycles. The van der Waals surface area contributed by atoms with Crippen LogP contribution in [0.25, 0.3) is 0 Å². The lowest BCUT2D eigenvalue weighted by Crippen LogP contribution is -1.90. The third-order valence-electron chi connectivity index (χ3n) is 2.57. The van der Waals surface area contributed by atoms with Gasteiger partial charge in [-0.3, -0.25) is 5.43 Å². The van der Waals surface area contributed by atoms with Crippen molar-refractivity contribution in [1.29, 1.82) is 0 Å². The SMILES string of the molecule is CSc1ccc(/C=N/Nc2ccc(C)cc2)cc1.Cl. The fourth-order valence-electron chi connectivity index (χ4n) is 1.50. The molecule has 0 aliphatic heterocycles. The van der Waals surface area contributed by atoms with Gasteiger partial charge in [0.1, 0.15) is 0 Å². The molecule has 0 aliphatic carbocycles. The Hall–Kier alpha value is -1.45. The van der Waals surface area contributed by atoms with E-state index in [1.807, 2.05) is 18.3 Å². The first-order valence-corrected chi connectivity index (χ1v) is 7.00. The van der Waals surface area contributed by atoms with Crippen LogP contribution in [0, 0.1) is 6.92 Å². The van der Waals surface area contributed by atoms with Gasteiger partial charge in [0.05, 0.1) is 11.9 Å². The van der Waals surface area contributed by atoms with E-state index in [1.165, 1.54) is 10.5 Å². The van der Waals surface area contributed by atoms with Crippen molar-refractivity contribution in [3.8, 4) is 0 Å². The highest BCUT2D eigenvalue weighted by Gasteiger charge is 1.91. The zero-order valence-corrected chi connectivity index (χ0v) is 12.6. The Balaban J connectivity index is 0.00000180. The number of hydrazone groups is 1. The summed E-state index contributed by atoms with van der Waals surface area (Å²) >= 11 is 1.74. The lowest BCUT2D eigenvalue weighted by atomic mass is 10.2. The average Bonchev–Trinajstić information content (AvgIpc) is 2.42. The van der Waals surface area contributed by atoms with E-state index in [9.17, 15) is 0 Å². The molecule has 4 heteroatoms. The average molecular weight is 293 g/mol. The number of rotatable bonds is 4. The number of hydrogen-bond acceptors (Lipinski definition) is 3. The summed E-state index contributed by atoms with van der Waals surface area (Å²) < 4.78 is 0. The van der Waals surface area contributed by atoms with Gasteiger partial charge >= 0.3 is 0 Å². The van der Waals surface area contributed by atoms with Crippen LogP contribution in [-0.2, 0) is 0 Å². The molecule has 0 aromatic heterocycles. The maximum Gasteiger partial charge on any atom is 0.0561 e. The molecule has 0 saturated carbocycles. The van der Waals surface area contributed by atoms with Gasteiger partial charge < -0.3 is 0 Å². The van der Waals surface area contributed by atoms with Crippen molar-refractivity contribution in [2.75, 3.05) is 11.7 Å². The van der Waals surface area contributed by atoms with Crippen LogP contribution in [0.2, 0.25) is 0 Å². The van der Waals surface area contributed by atoms with Crippen LogP contribution in [-0.4, -0.2) is 12.5 Å².